The molecular weight excluding hydrogens is 921 g/mol. The van der Waals surface area contributed by atoms with Gasteiger partial charge in [0, 0.05) is 17.5 Å². The number of nitrogens with zero attached hydrogens (tertiary/aromatic N) is 6. The summed E-state index contributed by atoms with van der Waals surface area (Å²) in [7, 11) is 0. The lowest BCUT2D eigenvalue weighted by Crippen LogP contribution is -2.03. The van der Waals surface area contributed by atoms with Crippen molar-refractivity contribution in [2.45, 2.75) is 189 Å². The number of hydrogen-bond donors (Lipinski definition) is 0. The van der Waals surface area contributed by atoms with E-state index >= 15 is 0 Å². The molecule has 0 unspecified atom stereocenters. The molecule has 0 fully saturated rings. The fourth-order valence-electron chi connectivity index (χ4n) is 9.96. The van der Waals surface area contributed by atoms with Gasteiger partial charge >= 0.3 is 0 Å². The average Bonchev–Trinajstić information content (AvgIpc) is 3.41. The first kappa shape index (κ1) is 56.4. The molecule has 8 heteroatoms. The van der Waals surface area contributed by atoms with Gasteiger partial charge in [0.05, 0.1) is 47.3 Å². The van der Waals surface area contributed by atoms with Crippen LogP contribution in [-0.4, -0.2) is 13.2 Å². The lowest BCUT2D eigenvalue weighted by atomic mass is 9.96. The first-order valence-corrected chi connectivity index (χ1v) is 28.9. The van der Waals surface area contributed by atoms with Crippen molar-refractivity contribution in [3.8, 4) is 11.5 Å². The zero-order chi connectivity index (χ0) is 52.5. The lowest BCUT2D eigenvalue weighted by Gasteiger charge is -2.16. The maximum Gasteiger partial charge on any atom is 0.122 e. The number of aryl methyl sites for hydroxylation is 4. The summed E-state index contributed by atoms with van der Waals surface area (Å²) < 4.78 is 13.3. The van der Waals surface area contributed by atoms with E-state index in [4.69, 9.17) is 40.2 Å². The Morgan fingerprint density at radius 2 is 0.507 bits per heavy atom. The van der Waals surface area contributed by atoms with Gasteiger partial charge in [-0.05, 0) is 183 Å². The minimum absolute atomic E-state index is 0.576. The van der Waals surface area contributed by atoms with Crippen molar-refractivity contribution in [3.63, 3.8) is 0 Å². The van der Waals surface area contributed by atoms with Crippen LogP contribution in [0.4, 0.5) is 34.1 Å². The zero-order valence-electron chi connectivity index (χ0n) is 46.6. The molecule has 75 heavy (non-hydrogen) atoms. The van der Waals surface area contributed by atoms with Gasteiger partial charge in [-0.15, -0.1) is 0 Å². The summed E-state index contributed by atoms with van der Waals surface area (Å²) in [6.07, 6.45) is 27.7. The van der Waals surface area contributed by atoms with Gasteiger partial charge in [0.2, 0.25) is 0 Å². The third kappa shape index (κ3) is 18.8. The molecule has 0 saturated carbocycles. The Bertz CT molecular complexity index is 2620. The molecule has 1 aliphatic heterocycles. The molecule has 0 atom stereocenters. The quantitative estimate of drug-likeness (QED) is 0.0564. The summed E-state index contributed by atoms with van der Waals surface area (Å²) in [6.45, 7) is 14.5. The highest BCUT2D eigenvalue weighted by Gasteiger charge is 2.14. The van der Waals surface area contributed by atoms with Gasteiger partial charge in [0.1, 0.15) is 11.5 Å². The van der Waals surface area contributed by atoms with Crippen molar-refractivity contribution in [3.05, 3.63) is 165 Å². The standard InChI is InChI=1S/C67H86N6O2/c1-7-9-11-13-15-17-19-21-23-25-39-74-66-37-35-64-48-58(66)43-59-49-65(36-38-67(59)75-40-26-24-22-20-18-16-14-12-10-8-2)73-71-63-34-30-53(6)57(47-63)42-55-45-61(32-28-51(55)4)69-68-60-31-27-50(3)54(44-60)41-56-46-62(70-72-64)33-29-52(56)5/h27-38,44-49H,7-26,39-43H2,1-6H3. The average molecular weight is 1010 g/mol. The molecule has 0 radical (unpaired) electrons. The molecule has 0 spiro atoms. The van der Waals surface area contributed by atoms with Crippen molar-refractivity contribution in [2.75, 3.05) is 13.2 Å². The summed E-state index contributed by atoms with van der Waals surface area (Å²) >= 11 is 0. The number of unbranched alkanes of at least 4 members (excludes halogenated alkanes) is 18. The normalized spacial score (nSPS) is 12.5. The highest BCUT2D eigenvalue weighted by atomic mass is 16.5. The third-order valence-electron chi connectivity index (χ3n) is 14.9. The van der Waals surface area contributed by atoms with Crippen LogP contribution in [-0.2, 0) is 19.3 Å². The van der Waals surface area contributed by atoms with E-state index in [-0.39, 0.29) is 0 Å². The number of azo groups is 3. The fraction of sp³-hybridized carbons (Fsp3) is 0.463. The lowest BCUT2D eigenvalue weighted by molar-refractivity contribution is 0.298. The van der Waals surface area contributed by atoms with E-state index in [0.29, 0.717) is 19.6 Å². The highest BCUT2D eigenvalue weighted by Crippen LogP contribution is 2.35. The molecule has 0 amide bonds. The van der Waals surface area contributed by atoms with E-state index < -0.39 is 0 Å². The molecule has 0 saturated heterocycles. The van der Waals surface area contributed by atoms with Crippen molar-refractivity contribution in [2.24, 2.45) is 30.7 Å². The third-order valence-corrected chi connectivity index (χ3v) is 14.9. The van der Waals surface area contributed by atoms with Crippen LogP contribution in [0.1, 0.15) is 198 Å². The summed E-state index contributed by atoms with van der Waals surface area (Å²) in [5.74, 6) is 1.73. The van der Waals surface area contributed by atoms with Gasteiger partial charge < -0.3 is 9.47 Å². The Kier molecular flexibility index (Phi) is 23.3. The van der Waals surface area contributed by atoms with Gasteiger partial charge in [-0.2, -0.15) is 30.7 Å². The summed E-state index contributed by atoms with van der Waals surface area (Å²) in [4.78, 5) is 0. The second kappa shape index (κ2) is 30.9. The number of benzene rings is 6. The van der Waals surface area contributed by atoms with Crippen LogP contribution < -0.4 is 9.47 Å². The molecule has 6 aromatic carbocycles. The molecule has 6 aromatic rings. The number of ether oxygens (including phenoxy) is 2. The smallest absolute Gasteiger partial charge is 0.122 e. The Hall–Kier alpha value is -6.28. The first-order chi connectivity index (χ1) is 36.7. The van der Waals surface area contributed by atoms with E-state index in [1.165, 1.54) is 160 Å². The Balaban J connectivity index is 1.19. The SMILES string of the molecule is CCCCCCCCCCCCOc1ccc2cc1Cc1cc(ccc1OCCCCCCCCCCCC)N=Nc1ccc(C)c(c1)Cc1cc(ccc1C)N=Nc1ccc(C)c(c1)Cc1cc(ccc1C)N=N2. The molecule has 0 aliphatic carbocycles. The molecule has 0 aromatic heterocycles. The van der Waals surface area contributed by atoms with Gasteiger partial charge in [0.25, 0.3) is 0 Å². The highest BCUT2D eigenvalue weighted by molar-refractivity contribution is 5.56. The van der Waals surface area contributed by atoms with Crippen molar-refractivity contribution in [1.29, 1.82) is 0 Å². The predicted octanol–water partition coefficient (Wildman–Crippen LogP) is 21.9. The summed E-state index contributed by atoms with van der Waals surface area (Å²) in [5, 5.41) is 28.9. The Morgan fingerprint density at radius 1 is 0.280 bits per heavy atom. The first-order valence-electron chi connectivity index (χ1n) is 28.9. The predicted molar refractivity (Wildman–Crippen MR) is 313 cm³/mol. The molecule has 396 valence electrons. The van der Waals surface area contributed by atoms with Gasteiger partial charge in [0.15, 0.2) is 0 Å². The number of rotatable bonds is 24. The van der Waals surface area contributed by atoms with Gasteiger partial charge in [-0.25, -0.2) is 0 Å². The maximum absolute atomic E-state index is 6.67. The van der Waals surface area contributed by atoms with Crippen LogP contribution in [0, 0.1) is 27.7 Å². The van der Waals surface area contributed by atoms with E-state index in [2.05, 4.69) is 114 Å². The molecule has 8 nitrogen and oxygen atoms in total. The van der Waals surface area contributed by atoms with Crippen molar-refractivity contribution >= 4 is 34.1 Å². The minimum atomic E-state index is 0.576. The Labute approximate surface area is 451 Å². The molecule has 12 bridgehead atoms. The second-order valence-corrected chi connectivity index (χ2v) is 21.2. The zero-order valence-corrected chi connectivity index (χ0v) is 46.6. The fourth-order valence-corrected chi connectivity index (χ4v) is 9.96. The topological polar surface area (TPSA) is 92.6 Å². The van der Waals surface area contributed by atoms with E-state index in [1.54, 1.807) is 0 Å². The molecular formula is C67H86N6O2. The Morgan fingerprint density at radius 3 is 0.787 bits per heavy atom. The maximum atomic E-state index is 6.67. The van der Waals surface area contributed by atoms with Crippen LogP contribution in [0.3, 0.4) is 0 Å². The molecule has 1 heterocycles. The van der Waals surface area contributed by atoms with Crippen LogP contribution in [0.2, 0.25) is 0 Å². The van der Waals surface area contributed by atoms with Crippen LogP contribution in [0.15, 0.2) is 140 Å². The summed E-state index contributed by atoms with van der Waals surface area (Å²) in [6, 6.07) is 37.8. The van der Waals surface area contributed by atoms with Crippen LogP contribution >= 0.6 is 0 Å². The van der Waals surface area contributed by atoms with Gasteiger partial charge in [-0.1, -0.05) is 154 Å². The van der Waals surface area contributed by atoms with E-state index in [0.717, 1.165) is 82.4 Å². The largest absolute Gasteiger partial charge is 0.493 e. The minimum Gasteiger partial charge on any atom is -0.493 e. The number of hydrogen-bond acceptors (Lipinski definition) is 8. The number of fused-ring (bicyclic) bond motifs is 12. The van der Waals surface area contributed by atoms with Crippen LogP contribution in [0.5, 0.6) is 11.5 Å². The van der Waals surface area contributed by atoms with Crippen molar-refractivity contribution < 1.29 is 9.47 Å². The molecule has 1 aliphatic rings. The van der Waals surface area contributed by atoms with Crippen LogP contribution in [0.25, 0.3) is 0 Å². The van der Waals surface area contributed by atoms with Crippen molar-refractivity contribution in [1.82, 2.24) is 0 Å². The van der Waals surface area contributed by atoms with E-state index in [1.807, 2.05) is 36.4 Å². The van der Waals surface area contributed by atoms with Gasteiger partial charge in [-0.3, -0.25) is 0 Å². The van der Waals surface area contributed by atoms with E-state index in [9.17, 15) is 0 Å². The molecule has 7 rings (SSSR count). The monoisotopic (exact) mass is 1010 g/mol. The molecule has 0 N–H and O–H groups in total. The summed E-state index contributed by atoms with van der Waals surface area (Å²) in [5.41, 5.74) is 16.5. The second-order valence-electron chi connectivity index (χ2n) is 21.2.